The molecular formula is C24H27N5. The van der Waals surface area contributed by atoms with Gasteiger partial charge in [0.2, 0.25) is 0 Å². The van der Waals surface area contributed by atoms with Crippen molar-refractivity contribution in [1.29, 1.82) is 0 Å². The van der Waals surface area contributed by atoms with Crippen LogP contribution in [0.1, 0.15) is 30.0 Å². The SMILES string of the molecule is CCCc1cc(-c2cnc3c(Nc4cccc(CNC)c4)nccn23)ccc1C. The van der Waals surface area contributed by atoms with Crippen LogP contribution in [0.3, 0.4) is 0 Å². The summed E-state index contributed by atoms with van der Waals surface area (Å²) in [5, 5.41) is 6.61. The normalized spacial score (nSPS) is 11.1. The summed E-state index contributed by atoms with van der Waals surface area (Å²) in [6.45, 7) is 5.22. The standard InChI is InChI=1S/C24H27N5/c1-4-6-19-14-20(10-9-17(19)2)22-16-27-24-23(26-11-12-29(22)24)28-21-8-5-7-18(13-21)15-25-3/h5,7-14,16,25H,4,6,15H2,1-3H3,(H,26,28). The minimum absolute atomic E-state index is 0.751. The zero-order chi connectivity index (χ0) is 20.2. The monoisotopic (exact) mass is 385 g/mol. The molecule has 0 unspecified atom stereocenters. The van der Waals surface area contributed by atoms with Gasteiger partial charge in [-0.25, -0.2) is 9.97 Å². The number of hydrogen-bond donors (Lipinski definition) is 2. The number of nitrogens with zero attached hydrogens (tertiary/aromatic N) is 3. The van der Waals surface area contributed by atoms with E-state index in [0.717, 1.165) is 42.2 Å². The fraction of sp³-hybridized carbons (Fsp3) is 0.250. The van der Waals surface area contributed by atoms with Gasteiger partial charge in [0, 0.05) is 30.2 Å². The number of rotatable bonds is 7. The topological polar surface area (TPSA) is 54.2 Å². The van der Waals surface area contributed by atoms with E-state index >= 15 is 0 Å². The third kappa shape index (κ3) is 4.00. The first-order chi connectivity index (χ1) is 14.2. The van der Waals surface area contributed by atoms with E-state index in [1.54, 1.807) is 0 Å². The van der Waals surface area contributed by atoms with Gasteiger partial charge in [-0.1, -0.05) is 37.6 Å². The highest BCUT2D eigenvalue weighted by molar-refractivity contribution is 5.74. The maximum Gasteiger partial charge on any atom is 0.180 e. The van der Waals surface area contributed by atoms with Crippen molar-refractivity contribution in [2.24, 2.45) is 0 Å². The first-order valence-electron chi connectivity index (χ1n) is 10.1. The number of nitrogens with one attached hydrogen (secondary N) is 2. The molecule has 0 amide bonds. The smallest absolute Gasteiger partial charge is 0.180 e. The summed E-state index contributed by atoms with van der Waals surface area (Å²) < 4.78 is 2.10. The lowest BCUT2D eigenvalue weighted by Crippen LogP contribution is -2.05. The zero-order valence-electron chi connectivity index (χ0n) is 17.2. The van der Waals surface area contributed by atoms with Crippen LogP contribution < -0.4 is 10.6 Å². The maximum absolute atomic E-state index is 4.67. The molecule has 0 atom stereocenters. The summed E-state index contributed by atoms with van der Waals surface area (Å²) in [6.07, 6.45) is 7.95. The molecule has 148 valence electrons. The zero-order valence-corrected chi connectivity index (χ0v) is 17.2. The van der Waals surface area contributed by atoms with Crippen LogP contribution in [0.2, 0.25) is 0 Å². The van der Waals surface area contributed by atoms with Crippen LogP contribution in [0, 0.1) is 6.92 Å². The Morgan fingerprint density at radius 3 is 2.79 bits per heavy atom. The van der Waals surface area contributed by atoms with E-state index in [4.69, 9.17) is 0 Å². The lowest BCUT2D eigenvalue weighted by molar-refractivity contribution is 0.818. The molecule has 4 aromatic rings. The number of hydrogen-bond acceptors (Lipinski definition) is 4. The highest BCUT2D eigenvalue weighted by Gasteiger charge is 2.12. The van der Waals surface area contributed by atoms with Crippen LogP contribution in [0.4, 0.5) is 11.5 Å². The summed E-state index contributed by atoms with van der Waals surface area (Å²) in [4.78, 5) is 9.21. The molecule has 0 spiro atoms. The Labute approximate surface area is 171 Å². The summed E-state index contributed by atoms with van der Waals surface area (Å²) in [6, 6.07) is 15.0. The fourth-order valence-corrected chi connectivity index (χ4v) is 3.69. The Hall–Kier alpha value is -3.18. The molecule has 2 N–H and O–H groups in total. The van der Waals surface area contributed by atoms with Crippen LogP contribution >= 0.6 is 0 Å². The van der Waals surface area contributed by atoms with Gasteiger partial charge in [0.1, 0.15) is 0 Å². The largest absolute Gasteiger partial charge is 0.337 e. The lowest BCUT2D eigenvalue weighted by Gasteiger charge is -2.10. The van der Waals surface area contributed by atoms with Gasteiger partial charge in [-0.3, -0.25) is 4.40 Å². The summed E-state index contributed by atoms with van der Waals surface area (Å²) in [5.74, 6) is 0.751. The molecule has 2 aromatic heterocycles. The molecule has 5 heteroatoms. The van der Waals surface area contributed by atoms with E-state index in [2.05, 4.69) is 69.2 Å². The van der Waals surface area contributed by atoms with Crippen LogP contribution in [-0.2, 0) is 13.0 Å². The van der Waals surface area contributed by atoms with Gasteiger partial charge in [0.25, 0.3) is 0 Å². The fourth-order valence-electron chi connectivity index (χ4n) is 3.69. The average molecular weight is 386 g/mol. The van der Waals surface area contributed by atoms with Gasteiger partial charge >= 0.3 is 0 Å². The molecule has 4 rings (SSSR count). The molecule has 0 bridgehead atoms. The molecule has 2 heterocycles. The highest BCUT2D eigenvalue weighted by Crippen LogP contribution is 2.27. The Morgan fingerprint density at radius 2 is 1.97 bits per heavy atom. The highest BCUT2D eigenvalue weighted by atomic mass is 15.1. The van der Waals surface area contributed by atoms with Crippen LogP contribution in [0.15, 0.2) is 61.1 Å². The van der Waals surface area contributed by atoms with E-state index in [9.17, 15) is 0 Å². The van der Waals surface area contributed by atoms with E-state index in [1.807, 2.05) is 37.8 Å². The van der Waals surface area contributed by atoms with Gasteiger partial charge in [-0.2, -0.15) is 0 Å². The Balaban J connectivity index is 1.70. The quantitative estimate of drug-likeness (QED) is 0.464. The van der Waals surface area contributed by atoms with E-state index < -0.39 is 0 Å². The van der Waals surface area contributed by atoms with Crippen molar-refractivity contribution >= 4 is 17.2 Å². The molecular weight excluding hydrogens is 358 g/mol. The van der Waals surface area contributed by atoms with Crippen molar-refractivity contribution in [3.8, 4) is 11.3 Å². The average Bonchev–Trinajstić information content (AvgIpc) is 3.16. The maximum atomic E-state index is 4.67. The van der Waals surface area contributed by atoms with Gasteiger partial charge in [0.05, 0.1) is 11.9 Å². The van der Waals surface area contributed by atoms with Gasteiger partial charge < -0.3 is 10.6 Å². The predicted molar refractivity (Wildman–Crippen MR) is 120 cm³/mol. The molecule has 0 fully saturated rings. The summed E-state index contributed by atoms with van der Waals surface area (Å²) in [5.41, 5.74) is 8.04. The minimum Gasteiger partial charge on any atom is -0.337 e. The minimum atomic E-state index is 0.751. The second kappa shape index (κ2) is 8.45. The van der Waals surface area contributed by atoms with E-state index in [1.165, 1.54) is 22.3 Å². The van der Waals surface area contributed by atoms with Gasteiger partial charge in [-0.05, 0) is 55.3 Å². The number of aromatic nitrogens is 3. The summed E-state index contributed by atoms with van der Waals surface area (Å²) in [7, 11) is 1.95. The molecule has 0 saturated carbocycles. The molecule has 2 aromatic carbocycles. The molecule has 0 radical (unpaired) electrons. The number of aryl methyl sites for hydroxylation is 2. The van der Waals surface area contributed by atoms with Crippen LogP contribution in [0.5, 0.6) is 0 Å². The second-order valence-corrected chi connectivity index (χ2v) is 7.36. The number of benzene rings is 2. The second-order valence-electron chi connectivity index (χ2n) is 7.36. The predicted octanol–water partition coefficient (Wildman–Crippen LogP) is 5.12. The third-order valence-corrected chi connectivity index (χ3v) is 5.16. The number of fused-ring (bicyclic) bond motifs is 1. The van der Waals surface area contributed by atoms with Crippen molar-refractivity contribution in [2.75, 3.05) is 12.4 Å². The van der Waals surface area contributed by atoms with Crippen LogP contribution in [0.25, 0.3) is 16.9 Å². The Bertz CT molecular complexity index is 1130. The van der Waals surface area contributed by atoms with Crippen molar-refractivity contribution < 1.29 is 0 Å². The molecule has 0 aliphatic carbocycles. The first-order valence-corrected chi connectivity index (χ1v) is 10.1. The van der Waals surface area contributed by atoms with Crippen molar-refractivity contribution in [1.82, 2.24) is 19.7 Å². The van der Waals surface area contributed by atoms with Crippen molar-refractivity contribution in [3.63, 3.8) is 0 Å². The van der Waals surface area contributed by atoms with Gasteiger partial charge in [-0.15, -0.1) is 0 Å². The Morgan fingerprint density at radius 1 is 1.07 bits per heavy atom. The molecule has 0 aliphatic rings. The number of anilines is 2. The molecule has 29 heavy (non-hydrogen) atoms. The first kappa shape index (κ1) is 19.2. The summed E-state index contributed by atoms with van der Waals surface area (Å²) >= 11 is 0. The van der Waals surface area contributed by atoms with Crippen molar-refractivity contribution in [2.45, 2.75) is 33.2 Å². The van der Waals surface area contributed by atoms with Crippen LogP contribution in [-0.4, -0.2) is 21.4 Å². The molecule has 0 aliphatic heterocycles. The molecule has 5 nitrogen and oxygen atoms in total. The number of imidazole rings is 1. The van der Waals surface area contributed by atoms with Gasteiger partial charge in [0.15, 0.2) is 11.5 Å². The Kier molecular flexibility index (Phi) is 5.58. The third-order valence-electron chi connectivity index (χ3n) is 5.16. The van der Waals surface area contributed by atoms with E-state index in [-0.39, 0.29) is 0 Å². The molecule has 0 saturated heterocycles. The lowest BCUT2D eigenvalue weighted by atomic mass is 10.00. The van der Waals surface area contributed by atoms with Crippen molar-refractivity contribution in [3.05, 3.63) is 77.7 Å². The van der Waals surface area contributed by atoms with E-state index in [0.29, 0.717) is 0 Å².